The molecule has 0 amide bonds. The Morgan fingerprint density at radius 1 is 1.67 bits per heavy atom. The van der Waals surface area contributed by atoms with Crippen LogP contribution in [0.25, 0.3) is 0 Å². The van der Waals surface area contributed by atoms with Gasteiger partial charge in [0.2, 0.25) is 0 Å². The first kappa shape index (κ1) is 9.81. The SMILES string of the molecule is CCSCCC(=O)c1cccs1. The Labute approximate surface area is 81.2 Å². The molecule has 0 fully saturated rings. The van der Waals surface area contributed by atoms with E-state index in [-0.39, 0.29) is 5.78 Å². The van der Waals surface area contributed by atoms with Gasteiger partial charge >= 0.3 is 0 Å². The minimum Gasteiger partial charge on any atom is -0.293 e. The van der Waals surface area contributed by atoms with Gasteiger partial charge in [-0.1, -0.05) is 13.0 Å². The van der Waals surface area contributed by atoms with Gasteiger partial charge in [0, 0.05) is 12.2 Å². The fourth-order valence-electron chi connectivity index (χ4n) is 0.870. The van der Waals surface area contributed by atoms with Gasteiger partial charge in [-0.15, -0.1) is 11.3 Å². The summed E-state index contributed by atoms with van der Waals surface area (Å²) in [6, 6.07) is 3.81. The zero-order valence-electron chi connectivity index (χ0n) is 7.08. The molecule has 3 heteroatoms. The Bertz CT molecular complexity index is 229. The van der Waals surface area contributed by atoms with Crippen LogP contribution in [0.2, 0.25) is 0 Å². The number of thioether (sulfide) groups is 1. The maximum absolute atomic E-state index is 11.4. The second-order valence-electron chi connectivity index (χ2n) is 2.35. The van der Waals surface area contributed by atoms with E-state index in [1.54, 1.807) is 0 Å². The Morgan fingerprint density at radius 3 is 3.08 bits per heavy atom. The molecule has 0 N–H and O–H groups in total. The quantitative estimate of drug-likeness (QED) is 0.537. The summed E-state index contributed by atoms with van der Waals surface area (Å²) in [5.41, 5.74) is 0. The molecule has 0 atom stereocenters. The number of hydrogen-bond acceptors (Lipinski definition) is 3. The lowest BCUT2D eigenvalue weighted by Gasteiger charge is -1.95. The van der Waals surface area contributed by atoms with Gasteiger partial charge in [-0.25, -0.2) is 0 Å². The van der Waals surface area contributed by atoms with Gasteiger partial charge in [-0.3, -0.25) is 4.79 Å². The Morgan fingerprint density at radius 2 is 2.50 bits per heavy atom. The van der Waals surface area contributed by atoms with Gasteiger partial charge in [0.1, 0.15) is 0 Å². The van der Waals surface area contributed by atoms with Crippen LogP contribution < -0.4 is 0 Å². The molecular formula is C9H12OS2. The third kappa shape index (κ3) is 2.99. The Kier molecular flexibility index (Phi) is 4.40. The second-order valence-corrected chi connectivity index (χ2v) is 4.69. The molecule has 1 rings (SSSR count). The normalized spacial score (nSPS) is 10.1. The van der Waals surface area contributed by atoms with Crippen molar-refractivity contribution in [3.8, 4) is 0 Å². The number of carbonyl (C=O) groups is 1. The molecule has 66 valence electrons. The van der Waals surface area contributed by atoms with Crippen LogP contribution >= 0.6 is 23.1 Å². The third-order valence-corrected chi connectivity index (χ3v) is 3.29. The number of Topliss-reactive ketones (excluding diaryl/α,β-unsaturated/α-hetero) is 1. The summed E-state index contributed by atoms with van der Waals surface area (Å²) < 4.78 is 0. The highest BCUT2D eigenvalue weighted by atomic mass is 32.2. The molecule has 0 aliphatic rings. The molecular weight excluding hydrogens is 188 g/mol. The number of thiophene rings is 1. The van der Waals surface area contributed by atoms with Crippen molar-refractivity contribution >= 4 is 28.9 Å². The van der Waals surface area contributed by atoms with Crippen LogP contribution in [0, 0.1) is 0 Å². The van der Waals surface area contributed by atoms with Gasteiger partial charge < -0.3 is 0 Å². The molecule has 0 aromatic carbocycles. The molecule has 0 bridgehead atoms. The first-order chi connectivity index (χ1) is 5.84. The van der Waals surface area contributed by atoms with Gasteiger partial charge in [0.25, 0.3) is 0 Å². The summed E-state index contributed by atoms with van der Waals surface area (Å²) in [4.78, 5) is 12.3. The molecule has 1 aromatic heterocycles. The van der Waals surface area contributed by atoms with Gasteiger partial charge in [-0.2, -0.15) is 11.8 Å². The number of ketones is 1. The summed E-state index contributed by atoms with van der Waals surface area (Å²) in [5.74, 6) is 2.33. The predicted octanol–water partition coefficient (Wildman–Crippen LogP) is 3.07. The highest BCUT2D eigenvalue weighted by Crippen LogP contribution is 2.12. The largest absolute Gasteiger partial charge is 0.293 e. The fourth-order valence-corrected chi connectivity index (χ4v) is 2.18. The molecule has 0 aliphatic heterocycles. The minimum atomic E-state index is 0.283. The second kappa shape index (κ2) is 5.38. The third-order valence-electron chi connectivity index (χ3n) is 1.47. The summed E-state index contributed by atoms with van der Waals surface area (Å²) >= 11 is 3.35. The summed E-state index contributed by atoms with van der Waals surface area (Å²) in [7, 11) is 0. The highest BCUT2D eigenvalue weighted by Gasteiger charge is 2.04. The lowest BCUT2D eigenvalue weighted by Crippen LogP contribution is -1.97. The lowest BCUT2D eigenvalue weighted by atomic mass is 10.3. The number of rotatable bonds is 5. The van der Waals surface area contributed by atoms with Gasteiger partial charge in [-0.05, 0) is 17.2 Å². The maximum Gasteiger partial charge on any atom is 0.173 e. The molecule has 1 aromatic rings. The molecule has 1 heterocycles. The molecule has 0 radical (unpaired) electrons. The van der Waals surface area contributed by atoms with Crippen molar-refractivity contribution < 1.29 is 4.79 Å². The smallest absolute Gasteiger partial charge is 0.173 e. The summed E-state index contributed by atoms with van der Waals surface area (Å²) in [5, 5.41) is 1.94. The lowest BCUT2D eigenvalue weighted by molar-refractivity contribution is 0.0993. The zero-order valence-corrected chi connectivity index (χ0v) is 8.71. The average Bonchev–Trinajstić information content (AvgIpc) is 2.56. The van der Waals surface area contributed by atoms with Crippen LogP contribution in [0.3, 0.4) is 0 Å². The van der Waals surface area contributed by atoms with E-state index >= 15 is 0 Å². The molecule has 0 saturated heterocycles. The first-order valence-corrected chi connectivity index (χ1v) is 6.02. The Hall–Kier alpha value is -0.280. The van der Waals surface area contributed by atoms with Crippen LogP contribution in [0.4, 0.5) is 0 Å². The van der Waals surface area contributed by atoms with Crippen LogP contribution in [0.15, 0.2) is 17.5 Å². The Balaban J connectivity index is 2.30. The van der Waals surface area contributed by atoms with Crippen molar-refractivity contribution in [2.45, 2.75) is 13.3 Å². The van der Waals surface area contributed by atoms with Crippen molar-refractivity contribution in [3.63, 3.8) is 0 Å². The summed E-state index contributed by atoms with van der Waals surface area (Å²) in [6.07, 6.45) is 0.680. The van der Waals surface area contributed by atoms with Gasteiger partial charge in [0.05, 0.1) is 4.88 Å². The van der Waals surface area contributed by atoms with E-state index in [4.69, 9.17) is 0 Å². The van der Waals surface area contributed by atoms with E-state index in [1.807, 2.05) is 29.3 Å². The van der Waals surface area contributed by atoms with Crippen LogP contribution in [0.5, 0.6) is 0 Å². The molecule has 12 heavy (non-hydrogen) atoms. The van der Waals surface area contributed by atoms with E-state index in [9.17, 15) is 4.79 Å². The van der Waals surface area contributed by atoms with Crippen molar-refractivity contribution in [2.24, 2.45) is 0 Å². The van der Waals surface area contributed by atoms with Crippen LogP contribution in [0.1, 0.15) is 23.0 Å². The monoisotopic (exact) mass is 200 g/mol. The van der Waals surface area contributed by atoms with Gasteiger partial charge in [0.15, 0.2) is 5.78 Å². The molecule has 0 aliphatic carbocycles. The molecule has 1 nitrogen and oxygen atoms in total. The van der Waals surface area contributed by atoms with Crippen LogP contribution in [-0.4, -0.2) is 17.3 Å². The van der Waals surface area contributed by atoms with E-state index in [0.717, 1.165) is 16.4 Å². The first-order valence-electron chi connectivity index (χ1n) is 3.99. The van der Waals surface area contributed by atoms with E-state index in [0.29, 0.717) is 6.42 Å². The standard InChI is InChI=1S/C9H12OS2/c1-2-11-7-5-8(10)9-4-3-6-12-9/h3-4,6H,2,5,7H2,1H3. The average molecular weight is 200 g/mol. The molecule has 0 unspecified atom stereocenters. The van der Waals surface area contributed by atoms with E-state index in [1.165, 1.54) is 11.3 Å². The fraction of sp³-hybridized carbons (Fsp3) is 0.444. The minimum absolute atomic E-state index is 0.283. The van der Waals surface area contributed by atoms with Crippen molar-refractivity contribution in [2.75, 3.05) is 11.5 Å². The van der Waals surface area contributed by atoms with Crippen molar-refractivity contribution in [3.05, 3.63) is 22.4 Å². The maximum atomic E-state index is 11.4. The van der Waals surface area contributed by atoms with E-state index < -0.39 is 0 Å². The number of hydrogen-bond donors (Lipinski definition) is 0. The predicted molar refractivity (Wildman–Crippen MR) is 56.3 cm³/mol. The zero-order chi connectivity index (χ0) is 8.81. The van der Waals surface area contributed by atoms with Crippen LogP contribution in [-0.2, 0) is 0 Å². The highest BCUT2D eigenvalue weighted by molar-refractivity contribution is 7.99. The van der Waals surface area contributed by atoms with Crippen molar-refractivity contribution in [1.29, 1.82) is 0 Å². The summed E-state index contributed by atoms with van der Waals surface area (Å²) in [6.45, 7) is 2.11. The molecule has 0 saturated carbocycles. The van der Waals surface area contributed by atoms with Crippen molar-refractivity contribution in [1.82, 2.24) is 0 Å². The van der Waals surface area contributed by atoms with E-state index in [2.05, 4.69) is 6.92 Å². The number of carbonyl (C=O) groups excluding carboxylic acids is 1. The molecule has 0 spiro atoms. The topological polar surface area (TPSA) is 17.1 Å².